The van der Waals surface area contributed by atoms with Gasteiger partial charge in [-0.15, -0.1) is 0 Å². The van der Waals surface area contributed by atoms with Gasteiger partial charge >= 0.3 is 0 Å². The number of methoxy groups -OCH3 is 1. The average Bonchev–Trinajstić information content (AvgIpc) is 2.83. The minimum Gasteiger partial charge on any atom is -0.496 e. The van der Waals surface area contributed by atoms with Crippen LogP contribution in [0.1, 0.15) is 5.56 Å². The number of sulfonamides is 1. The maximum absolute atomic E-state index is 13.4. The highest BCUT2D eigenvalue weighted by Gasteiger charge is 2.38. The Morgan fingerprint density at radius 2 is 1.69 bits per heavy atom. The van der Waals surface area contributed by atoms with Crippen molar-refractivity contribution in [2.45, 2.75) is 17.5 Å². The third-order valence-corrected chi connectivity index (χ3v) is 7.11. The molecule has 1 aliphatic heterocycles. The van der Waals surface area contributed by atoms with Crippen molar-refractivity contribution in [2.75, 3.05) is 25.0 Å². The van der Waals surface area contributed by atoms with Crippen LogP contribution in [0.25, 0.3) is 0 Å². The molecule has 0 radical (unpaired) electrons. The van der Waals surface area contributed by atoms with Crippen molar-refractivity contribution < 1.29 is 22.7 Å². The van der Waals surface area contributed by atoms with Gasteiger partial charge < -0.3 is 14.4 Å². The number of anilines is 1. The molecule has 0 saturated carbocycles. The molecule has 3 aromatic rings. The molecule has 1 aliphatic rings. The molecule has 0 fully saturated rings. The van der Waals surface area contributed by atoms with Gasteiger partial charge in [0.15, 0.2) is 6.10 Å². The Morgan fingerprint density at radius 1 is 1.03 bits per heavy atom. The molecule has 1 atom stereocenters. The van der Waals surface area contributed by atoms with E-state index in [-0.39, 0.29) is 17.3 Å². The predicted octanol–water partition coefficient (Wildman–Crippen LogP) is 3.31. The summed E-state index contributed by atoms with van der Waals surface area (Å²) in [5.74, 6) is 0.705. The minimum absolute atomic E-state index is 0.122. The quantitative estimate of drug-likeness (QED) is 0.574. The fourth-order valence-electron chi connectivity index (χ4n) is 3.69. The van der Waals surface area contributed by atoms with Gasteiger partial charge in [0.1, 0.15) is 11.5 Å². The lowest BCUT2D eigenvalue weighted by Crippen LogP contribution is -2.50. The molecule has 0 N–H and O–H groups in total. The van der Waals surface area contributed by atoms with Crippen LogP contribution in [0, 0.1) is 0 Å². The summed E-state index contributed by atoms with van der Waals surface area (Å²) < 4.78 is 39.3. The van der Waals surface area contributed by atoms with E-state index in [4.69, 9.17) is 9.47 Å². The Bertz CT molecular complexity index is 1210. The summed E-state index contributed by atoms with van der Waals surface area (Å²) in [6.07, 6.45) is -0.983. The lowest BCUT2D eigenvalue weighted by molar-refractivity contribution is -0.137. The van der Waals surface area contributed by atoms with E-state index in [1.165, 1.54) is 21.3 Å². The second-order valence-electron chi connectivity index (χ2n) is 7.43. The van der Waals surface area contributed by atoms with Crippen LogP contribution in [-0.2, 0) is 21.4 Å². The van der Waals surface area contributed by atoms with E-state index in [9.17, 15) is 13.2 Å². The number of carbonyl (C=O) groups excluding carboxylic acids is 1. The van der Waals surface area contributed by atoms with Crippen molar-refractivity contribution in [3.8, 4) is 11.5 Å². The first-order valence-electron chi connectivity index (χ1n) is 10.1. The zero-order chi connectivity index (χ0) is 22.7. The molecule has 1 amide bonds. The Balaban J connectivity index is 1.63. The maximum atomic E-state index is 13.4. The summed E-state index contributed by atoms with van der Waals surface area (Å²) in [7, 11) is -0.636. The van der Waals surface area contributed by atoms with E-state index in [0.29, 0.717) is 23.7 Å². The second-order valence-corrected chi connectivity index (χ2v) is 9.29. The zero-order valence-corrected chi connectivity index (χ0v) is 18.7. The largest absolute Gasteiger partial charge is 0.496 e. The van der Waals surface area contributed by atoms with E-state index in [2.05, 4.69) is 0 Å². The molecule has 3 aromatic carbocycles. The summed E-state index contributed by atoms with van der Waals surface area (Å²) in [5.41, 5.74) is 1.25. The Morgan fingerprint density at radius 3 is 2.44 bits per heavy atom. The summed E-state index contributed by atoms with van der Waals surface area (Å²) in [4.78, 5) is 14.9. The first kappa shape index (κ1) is 21.7. The van der Waals surface area contributed by atoms with E-state index >= 15 is 0 Å². The van der Waals surface area contributed by atoms with Crippen LogP contribution >= 0.6 is 0 Å². The van der Waals surface area contributed by atoms with Crippen LogP contribution in [-0.4, -0.2) is 46.0 Å². The van der Waals surface area contributed by atoms with Gasteiger partial charge in [0, 0.05) is 19.2 Å². The zero-order valence-electron chi connectivity index (χ0n) is 17.8. The normalized spacial score (nSPS) is 15.4. The Labute approximate surface area is 187 Å². The fraction of sp³-hybridized carbons (Fsp3) is 0.208. The highest BCUT2D eigenvalue weighted by molar-refractivity contribution is 7.92. The van der Waals surface area contributed by atoms with Crippen molar-refractivity contribution >= 4 is 21.6 Å². The summed E-state index contributed by atoms with van der Waals surface area (Å²) in [6.45, 7) is 0.180. The molecule has 0 aliphatic carbocycles. The number of para-hydroxylation sites is 3. The molecule has 0 aromatic heterocycles. The summed E-state index contributed by atoms with van der Waals surface area (Å²) in [6, 6.07) is 22.4. The van der Waals surface area contributed by atoms with E-state index in [0.717, 1.165) is 5.56 Å². The average molecular weight is 453 g/mol. The van der Waals surface area contributed by atoms with Gasteiger partial charge in [0.25, 0.3) is 15.9 Å². The first-order chi connectivity index (χ1) is 15.4. The van der Waals surface area contributed by atoms with E-state index < -0.39 is 16.1 Å². The molecule has 8 heteroatoms. The van der Waals surface area contributed by atoms with Crippen LogP contribution in [0.4, 0.5) is 5.69 Å². The molecule has 0 bridgehead atoms. The van der Waals surface area contributed by atoms with Crippen molar-refractivity contribution in [2.24, 2.45) is 0 Å². The molecule has 0 spiro atoms. The molecule has 1 heterocycles. The molecule has 1 unspecified atom stereocenters. The topological polar surface area (TPSA) is 76.2 Å². The van der Waals surface area contributed by atoms with Gasteiger partial charge in [0.05, 0.1) is 24.2 Å². The summed E-state index contributed by atoms with van der Waals surface area (Å²) in [5, 5.41) is 0. The highest BCUT2D eigenvalue weighted by atomic mass is 32.2. The minimum atomic E-state index is -3.87. The second kappa shape index (κ2) is 8.92. The SMILES string of the molecule is COc1ccccc1CN(C)C(=O)C1CN(S(=O)(=O)c2ccccc2)c2ccccc2O1. The van der Waals surface area contributed by atoms with E-state index in [1.54, 1.807) is 56.6 Å². The van der Waals surface area contributed by atoms with Gasteiger partial charge in [-0.05, 0) is 30.3 Å². The van der Waals surface area contributed by atoms with Gasteiger partial charge in [0.2, 0.25) is 0 Å². The van der Waals surface area contributed by atoms with Gasteiger partial charge in [-0.2, -0.15) is 0 Å². The van der Waals surface area contributed by atoms with Crippen LogP contribution in [0.2, 0.25) is 0 Å². The third kappa shape index (κ3) is 4.13. The molecular weight excluding hydrogens is 428 g/mol. The number of nitrogens with zero attached hydrogens (tertiary/aromatic N) is 2. The van der Waals surface area contributed by atoms with E-state index in [1.807, 2.05) is 24.3 Å². The van der Waals surface area contributed by atoms with Crippen LogP contribution in [0.5, 0.6) is 11.5 Å². The third-order valence-electron chi connectivity index (χ3n) is 5.32. The highest BCUT2D eigenvalue weighted by Crippen LogP contribution is 2.37. The van der Waals surface area contributed by atoms with Crippen LogP contribution in [0.15, 0.2) is 83.8 Å². The maximum Gasteiger partial charge on any atom is 0.265 e. The number of benzene rings is 3. The Kier molecular flexibility index (Phi) is 6.05. The number of ether oxygens (including phenoxy) is 2. The molecule has 166 valence electrons. The van der Waals surface area contributed by atoms with Crippen molar-refractivity contribution in [1.29, 1.82) is 0 Å². The van der Waals surface area contributed by atoms with Gasteiger partial charge in [-0.1, -0.05) is 48.5 Å². The molecule has 32 heavy (non-hydrogen) atoms. The van der Waals surface area contributed by atoms with Crippen LogP contribution in [0.3, 0.4) is 0 Å². The monoisotopic (exact) mass is 452 g/mol. The summed E-state index contributed by atoms with van der Waals surface area (Å²) >= 11 is 0. The number of hydrogen-bond acceptors (Lipinski definition) is 5. The molecule has 7 nitrogen and oxygen atoms in total. The number of hydrogen-bond donors (Lipinski definition) is 0. The number of likely N-dealkylation sites (N-methyl/N-ethyl adjacent to an activating group) is 1. The lowest BCUT2D eigenvalue weighted by atomic mass is 10.1. The number of fused-ring (bicyclic) bond motifs is 1. The first-order valence-corrected chi connectivity index (χ1v) is 11.6. The Hall–Kier alpha value is -3.52. The number of carbonyl (C=O) groups is 1. The smallest absolute Gasteiger partial charge is 0.265 e. The molecule has 4 rings (SSSR count). The van der Waals surface area contributed by atoms with Gasteiger partial charge in [-0.3, -0.25) is 9.10 Å². The molecule has 0 saturated heterocycles. The van der Waals surface area contributed by atoms with Crippen molar-refractivity contribution in [1.82, 2.24) is 4.90 Å². The van der Waals surface area contributed by atoms with Crippen molar-refractivity contribution in [3.05, 3.63) is 84.4 Å². The lowest BCUT2D eigenvalue weighted by Gasteiger charge is -2.36. The van der Waals surface area contributed by atoms with Gasteiger partial charge in [-0.25, -0.2) is 8.42 Å². The standard InChI is InChI=1S/C24H24N2O5S/c1-25(16-18-10-6-8-14-21(18)30-2)24(27)23-17-26(20-13-7-9-15-22(20)31-23)32(28,29)19-11-4-3-5-12-19/h3-15,23H,16-17H2,1-2H3. The number of amides is 1. The number of rotatable bonds is 6. The predicted molar refractivity (Wildman–Crippen MR) is 121 cm³/mol. The van der Waals surface area contributed by atoms with Crippen LogP contribution < -0.4 is 13.8 Å². The molecular formula is C24H24N2O5S. The van der Waals surface area contributed by atoms with Crippen molar-refractivity contribution in [3.63, 3.8) is 0 Å². The fourth-order valence-corrected chi connectivity index (χ4v) is 5.19.